The third kappa shape index (κ3) is 5.95. The third-order valence-electron chi connectivity index (χ3n) is 4.64. The summed E-state index contributed by atoms with van der Waals surface area (Å²) in [6.07, 6.45) is 0.695. The molecule has 5 nitrogen and oxygen atoms in total. The molecule has 30 heavy (non-hydrogen) atoms. The molecule has 1 amide bonds. The third-order valence-corrected chi connectivity index (χ3v) is 4.64. The zero-order valence-electron chi connectivity index (χ0n) is 17.2. The van der Waals surface area contributed by atoms with Gasteiger partial charge in [-0.1, -0.05) is 66.7 Å². The summed E-state index contributed by atoms with van der Waals surface area (Å²) in [6.45, 7) is 3.21. The van der Waals surface area contributed by atoms with Gasteiger partial charge in [-0.3, -0.25) is 4.79 Å². The van der Waals surface area contributed by atoms with Crippen molar-refractivity contribution in [3.05, 3.63) is 95.1 Å². The highest BCUT2D eigenvalue weighted by molar-refractivity contribution is 5.93. The molecule has 0 saturated carbocycles. The second kappa shape index (κ2) is 10.3. The Morgan fingerprint density at radius 2 is 1.47 bits per heavy atom. The lowest BCUT2D eigenvalue weighted by atomic mass is 10.0. The second-order valence-corrected chi connectivity index (χ2v) is 7.04. The Labute approximate surface area is 176 Å². The molecule has 0 aliphatic rings. The van der Waals surface area contributed by atoms with Crippen LogP contribution >= 0.6 is 0 Å². The van der Waals surface area contributed by atoms with Crippen LogP contribution in [0.25, 0.3) is 0 Å². The summed E-state index contributed by atoms with van der Waals surface area (Å²) in [7, 11) is 0. The molecule has 3 rings (SSSR count). The molecule has 154 valence electrons. The molecule has 0 heterocycles. The van der Waals surface area contributed by atoms with E-state index in [1.165, 1.54) is 0 Å². The zero-order chi connectivity index (χ0) is 21.3. The van der Waals surface area contributed by atoms with Crippen molar-refractivity contribution in [3.63, 3.8) is 0 Å². The molecule has 0 radical (unpaired) electrons. The Morgan fingerprint density at radius 1 is 0.800 bits per heavy atom. The van der Waals surface area contributed by atoms with Crippen molar-refractivity contribution in [2.75, 3.05) is 18.5 Å². The van der Waals surface area contributed by atoms with Gasteiger partial charge in [0.05, 0.1) is 0 Å². The minimum Gasteiger partial charge on any atom is -0.481 e. The van der Waals surface area contributed by atoms with Gasteiger partial charge in [0.15, 0.2) is 13.2 Å². The summed E-state index contributed by atoms with van der Waals surface area (Å²) in [4.78, 5) is 24.3. The summed E-state index contributed by atoms with van der Waals surface area (Å²) in [5, 5.41) is 2.82. The van der Waals surface area contributed by atoms with Gasteiger partial charge in [0, 0.05) is 5.69 Å². The van der Waals surface area contributed by atoms with Crippen LogP contribution in [-0.4, -0.2) is 25.1 Å². The van der Waals surface area contributed by atoms with E-state index < -0.39 is 11.9 Å². The summed E-state index contributed by atoms with van der Waals surface area (Å²) >= 11 is 0. The van der Waals surface area contributed by atoms with Crippen LogP contribution in [0.2, 0.25) is 0 Å². The van der Waals surface area contributed by atoms with Gasteiger partial charge in [-0.25, -0.2) is 4.79 Å². The normalized spacial score (nSPS) is 10.3. The Bertz CT molecular complexity index is 994. The minimum absolute atomic E-state index is 0.246. The Kier molecular flexibility index (Phi) is 7.22. The number of aryl methyl sites for hydroxylation is 2. The highest BCUT2D eigenvalue weighted by atomic mass is 16.6. The van der Waals surface area contributed by atoms with Crippen molar-refractivity contribution < 1.29 is 19.1 Å². The highest BCUT2D eigenvalue weighted by Gasteiger charge is 2.12. The van der Waals surface area contributed by atoms with Gasteiger partial charge < -0.3 is 14.8 Å². The smallest absolute Gasteiger partial charge is 0.344 e. The number of carbonyl (C=O) groups is 2. The van der Waals surface area contributed by atoms with E-state index in [1.807, 2.05) is 86.6 Å². The molecule has 0 bridgehead atoms. The predicted molar refractivity (Wildman–Crippen MR) is 117 cm³/mol. The highest BCUT2D eigenvalue weighted by Crippen LogP contribution is 2.22. The number of para-hydroxylation sites is 2. The van der Waals surface area contributed by atoms with Crippen molar-refractivity contribution in [2.24, 2.45) is 0 Å². The fourth-order valence-corrected chi connectivity index (χ4v) is 3.14. The minimum atomic E-state index is -0.592. The number of hydrogen-bond acceptors (Lipinski definition) is 4. The first-order valence-electron chi connectivity index (χ1n) is 9.79. The van der Waals surface area contributed by atoms with Crippen molar-refractivity contribution in [3.8, 4) is 5.75 Å². The topological polar surface area (TPSA) is 64.6 Å². The molecular formula is C25H25NO4. The second-order valence-electron chi connectivity index (χ2n) is 7.04. The quantitative estimate of drug-likeness (QED) is 0.564. The van der Waals surface area contributed by atoms with Crippen molar-refractivity contribution in [1.82, 2.24) is 0 Å². The molecule has 3 aromatic rings. The van der Waals surface area contributed by atoms with E-state index in [1.54, 1.807) is 0 Å². The molecule has 0 saturated heterocycles. The van der Waals surface area contributed by atoms with E-state index in [9.17, 15) is 9.59 Å². The van der Waals surface area contributed by atoms with Crippen LogP contribution in [0.3, 0.4) is 0 Å². The number of hydrogen-bond donors (Lipinski definition) is 1. The zero-order valence-corrected chi connectivity index (χ0v) is 17.2. The van der Waals surface area contributed by atoms with Gasteiger partial charge in [-0.05, 0) is 48.6 Å². The Morgan fingerprint density at radius 3 is 2.20 bits per heavy atom. The molecule has 0 unspecified atom stereocenters. The van der Waals surface area contributed by atoms with E-state index in [2.05, 4.69) is 5.32 Å². The maximum atomic E-state index is 12.3. The van der Waals surface area contributed by atoms with E-state index in [0.717, 1.165) is 22.3 Å². The van der Waals surface area contributed by atoms with Gasteiger partial charge >= 0.3 is 5.97 Å². The Hall–Kier alpha value is -3.60. The fourth-order valence-electron chi connectivity index (χ4n) is 3.14. The monoisotopic (exact) mass is 403 g/mol. The van der Waals surface area contributed by atoms with E-state index >= 15 is 0 Å². The first-order chi connectivity index (χ1) is 14.5. The van der Waals surface area contributed by atoms with Gasteiger partial charge in [0.1, 0.15) is 5.75 Å². The largest absolute Gasteiger partial charge is 0.481 e. The van der Waals surface area contributed by atoms with Crippen LogP contribution in [0.5, 0.6) is 5.75 Å². The average molecular weight is 403 g/mol. The molecule has 3 aromatic carbocycles. The number of carbonyl (C=O) groups excluding carboxylic acids is 2. The standard InChI is InChI=1S/C25H25NO4/c1-18-9-8-10-19(2)25(18)30-17-24(28)29-16-23(27)26-22-14-7-6-13-21(22)15-20-11-4-3-5-12-20/h3-14H,15-17H2,1-2H3,(H,26,27). The summed E-state index contributed by atoms with van der Waals surface area (Å²) in [5.41, 5.74) is 4.72. The van der Waals surface area contributed by atoms with Crippen LogP contribution in [0, 0.1) is 13.8 Å². The average Bonchev–Trinajstić information content (AvgIpc) is 2.74. The fraction of sp³-hybridized carbons (Fsp3) is 0.200. The molecule has 0 fully saturated rings. The van der Waals surface area contributed by atoms with E-state index in [4.69, 9.17) is 9.47 Å². The number of amides is 1. The SMILES string of the molecule is Cc1cccc(C)c1OCC(=O)OCC(=O)Nc1ccccc1Cc1ccccc1. The number of esters is 1. The maximum Gasteiger partial charge on any atom is 0.344 e. The van der Waals surface area contributed by atoms with E-state index in [0.29, 0.717) is 17.9 Å². The molecule has 0 aliphatic heterocycles. The van der Waals surface area contributed by atoms with Gasteiger partial charge in [0.25, 0.3) is 5.91 Å². The summed E-state index contributed by atoms with van der Waals surface area (Å²) in [5.74, 6) is -0.324. The lowest BCUT2D eigenvalue weighted by Gasteiger charge is -2.13. The maximum absolute atomic E-state index is 12.3. The molecule has 0 atom stereocenters. The number of ether oxygens (including phenoxy) is 2. The molecule has 5 heteroatoms. The first kappa shape index (κ1) is 21.1. The van der Waals surface area contributed by atoms with Crippen LogP contribution in [-0.2, 0) is 20.7 Å². The van der Waals surface area contributed by atoms with Crippen molar-refractivity contribution in [2.45, 2.75) is 20.3 Å². The molecule has 0 aliphatic carbocycles. The number of nitrogens with one attached hydrogen (secondary N) is 1. The van der Waals surface area contributed by atoms with Gasteiger partial charge in [-0.15, -0.1) is 0 Å². The summed E-state index contributed by atoms with van der Waals surface area (Å²) < 4.78 is 10.6. The van der Waals surface area contributed by atoms with Crippen LogP contribution in [0.1, 0.15) is 22.3 Å². The first-order valence-corrected chi connectivity index (χ1v) is 9.79. The molecule has 0 spiro atoms. The van der Waals surface area contributed by atoms with Crippen molar-refractivity contribution >= 4 is 17.6 Å². The van der Waals surface area contributed by atoms with Gasteiger partial charge in [-0.2, -0.15) is 0 Å². The van der Waals surface area contributed by atoms with Gasteiger partial charge in [0.2, 0.25) is 0 Å². The molecular weight excluding hydrogens is 378 g/mol. The number of rotatable bonds is 8. The van der Waals surface area contributed by atoms with Crippen molar-refractivity contribution in [1.29, 1.82) is 0 Å². The number of anilines is 1. The van der Waals surface area contributed by atoms with E-state index in [-0.39, 0.29) is 13.2 Å². The number of benzene rings is 3. The lowest BCUT2D eigenvalue weighted by Crippen LogP contribution is -2.24. The summed E-state index contributed by atoms with van der Waals surface area (Å²) in [6, 6.07) is 23.3. The van der Waals surface area contributed by atoms with Crippen LogP contribution in [0.4, 0.5) is 5.69 Å². The lowest BCUT2D eigenvalue weighted by molar-refractivity contribution is -0.149. The molecule has 0 aromatic heterocycles. The van der Waals surface area contributed by atoms with Crippen LogP contribution in [0.15, 0.2) is 72.8 Å². The predicted octanol–water partition coefficient (Wildman–Crippen LogP) is 4.45. The Balaban J connectivity index is 1.51. The van der Waals surface area contributed by atoms with Crippen LogP contribution < -0.4 is 10.1 Å². The molecule has 1 N–H and O–H groups in total.